The van der Waals surface area contributed by atoms with Gasteiger partial charge in [-0.3, -0.25) is 14.5 Å². The maximum absolute atomic E-state index is 12.7. The third-order valence-corrected chi connectivity index (χ3v) is 8.47. The third kappa shape index (κ3) is 7.21. The molecule has 1 aliphatic heterocycles. The van der Waals surface area contributed by atoms with Crippen molar-refractivity contribution < 1.29 is 4.74 Å². The maximum atomic E-state index is 12.7. The van der Waals surface area contributed by atoms with Crippen LogP contribution in [-0.2, 0) is 4.74 Å². The number of likely N-dealkylation sites (N-methyl/N-ethyl adjacent to an activating group) is 1. The molecule has 1 N–H and O–H groups in total. The first kappa shape index (κ1) is 32.1. The lowest BCUT2D eigenvalue weighted by atomic mass is 10.1. The molecule has 1 fully saturated rings. The molecule has 0 unspecified atom stereocenters. The number of benzene rings is 2. The van der Waals surface area contributed by atoms with Gasteiger partial charge in [0.15, 0.2) is 0 Å². The summed E-state index contributed by atoms with van der Waals surface area (Å²) in [5.74, 6) is 0. The summed E-state index contributed by atoms with van der Waals surface area (Å²) in [4.78, 5) is 29.6. The molecule has 0 saturated carbocycles. The van der Waals surface area contributed by atoms with E-state index in [9.17, 15) is 9.59 Å². The molecule has 12 heteroatoms. The highest BCUT2D eigenvalue weighted by Crippen LogP contribution is 2.25. The molecular formula is C30H39Br2N7O3. The second-order valence-corrected chi connectivity index (χ2v) is 12.4. The fourth-order valence-corrected chi connectivity index (χ4v) is 5.80. The molecule has 5 rings (SSSR count). The number of nitrogens with one attached hydrogen (secondary N) is 1. The maximum Gasteiger partial charge on any atom is 0.275 e. The van der Waals surface area contributed by atoms with Crippen LogP contribution in [-0.4, -0.2) is 77.9 Å². The van der Waals surface area contributed by atoms with E-state index in [0.29, 0.717) is 20.0 Å². The van der Waals surface area contributed by atoms with Gasteiger partial charge in [-0.05, 0) is 96.0 Å². The number of hydrogen-bond acceptors (Lipinski definition) is 8. The Morgan fingerprint density at radius 1 is 0.857 bits per heavy atom. The SMILES string of the molecule is CC(C)n1nc(Br)c2ccc(N(C)CCN3CCOCC3)cc2c1=O.CNc1ccc2c(Br)nn(C(C)C)c(=O)c2c1. The predicted octanol–water partition coefficient (Wildman–Crippen LogP) is 5.29. The van der Waals surface area contributed by atoms with E-state index in [-0.39, 0.29) is 23.2 Å². The predicted molar refractivity (Wildman–Crippen MR) is 178 cm³/mol. The van der Waals surface area contributed by atoms with E-state index >= 15 is 0 Å². The van der Waals surface area contributed by atoms with Crippen LogP contribution in [0.2, 0.25) is 0 Å². The van der Waals surface area contributed by atoms with Crippen molar-refractivity contribution in [3.8, 4) is 0 Å². The summed E-state index contributed by atoms with van der Waals surface area (Å²) < 4.78 is 9.82. The molecule has 0 radical (unpaired) electrons. The van der Waals surface area contributed by atoms with Crippen molar-refractivity contribution in [2.75, 3.05) is 63.7 Å². The lowest BCUT2D eigenvalue weighted by Gasteiger charge is -2.29. The molecule has 0 amide bonds. The third-order valence-electron chi connectivity index (χ3n) is 7.30. The van der Waals surface area contributed by atoms with E-state index in [4.69, 9.17) is 4.74 Å². The second-order valence-electron chi connectivity index (χ2n) is 10.9. The molecule has 0 spiro atoms. The number of ether oxygens (including phenoxy) is 1. The number of nitrogens with zero attached hydrogens (tertiary/aromatic N) is 6. The van der Waals surface area contributed by atoms with Gasteiger partial charge in [-0.2, -0.15) is 10.2 Å². The van der Waals surface area contributed by atoms with Crippen molar-refractivity contribution in [2.24, 2.45) is 0 Å². The van der Waals surface area contributed by atoms with Crippen molar-refractivity contribution in [1.29, 1.82) is 0 Å². The first-order valence-electron chi connectivity index (χ1n) is 14.1. The smallest absolute Gasteiger partial charge is 0.275 e. The lowest BCUT2D eigenvalue weighted by molar-refractivity contribution is 0.0393. The summed E-state index contributed by atoms with van der Waals surface area (Å²) in [6.45, 7) is 13.3. The Labute approximate surface area is 262 Å². The molecular weight excluding hydrogens is 666 g/mol. The van der Waals surface area contributed by atoms with E-state index in [1.807, 2.05) is 71.1 Å². The first-order chi connectivity index (χ1) is 20.0. The molecule has 10 nitrogen and oxygen atoms in total. The molecule has 0 bridgehead atoms. The molecule has 3 heterocycles. The summed E-state index contributed by atoms with van der Waals surface area (Å²) in [7, 11) is 3.90. The number of anilines is 2. The number of morpholine rings is 1. The van der Waals surface area contributed by atoms with Crippen LogP contribution < -0.4 is 21.3 Å². The van der Waals surface area contributed by atoms with Gasteiger partial charge < -0.3 is 15.0 Å². The van der Waals surface area contributed by atoms with Gasteiger partial charge in [0.2, 0.25) is 0 Å². The Balaban J connectivity index is 0.000000208. The fourth-order valence-electron chi connectivity index (χ4n) is 4.76. The van der Waals surface area contributed by atoms with E-state index in [1.54, 1.807) is 0 Å². The normalized spacial score (nSPS) is 14.0. The van der Waals surface area contributed by atoms with Crippen LogP contribution in [0.1, 0.15) is 39.8 Å². The number of rotatable bonds is 7. The molecule has 4 aromatic rings. The van der Waals surface area contributed by atoms with Crippen molar-refractivity contribution >= 4 is 64.8 Å². The Bertz CT molecular complexity index is 1660. The topological polar surface area (TPSA) is 97.5 Å². The Hall–Kier alpha value is -2.80. The van der Waals surface area contributed by atoms with Crippen LogP contribution in [0.25, 0.3) is 21.5 Å². The Kier molecular flexibility index (Phi) is 10.8. The first-order valence-corrected chi connectivity index (χ1v) is 15.7. The van der Waals surface area contributed by atoms with Crippen LogP contribution in [0.15, 0.2) is 55.2 Å². The van der Waals surface area contributed by atoms with Gasteiger partial charge in [0, 0.05) is 62.4 Å². The number of fused-ring (bicyclic) bond motifs is 2. The van der Waals surface area contributed by atoms with Gasteiger partial charge in [-0.25, -0.2) is 9.36 Å². The molecule has 0 aliphatic carbocycles. The monoisotopic (exact) mass is 703 g/mol. The van der Waals surface area contributed by atoms with Crippen LogP contribution in [0.4, 0.5) is 11.4 Å². The fraction of sp³-hybridized carbons (Fsp3) is 0.467. The minimum Gasteiger partial charge on any atom is -0.388 e. The molecule has 0 atom stereocenters. The molecule has 42 heavy (non-hydrogen) atoms. The van der Waals surface area contributed by atoms with Crippen LogP contribution in [0, 0.1) is 0 Å². The Morgan fingerprint density at radius 3 is 1.90 bits per heavy atom. The van der Waals surface area contributed by atoms with Crippen LogP contribution in [0.3, 0.4) is 0 Å². The zero-order valence-corrected chi connectivity index (χ0v) is 28.2. The van der Waals surface area contributed by atoms with Crippen molar-refractivity contribution in [1.82, 2.24) is 24.5 Å². The van der Waals surface area contributed by atoms with Crippen LogP contribution in [0.5, 0.6) is 0 Å². The number of aromatic nitrogens is 4. The van der Waals surface area contributed by atoms with E-state index < -0.39 is 0 Å². The zero-order chi connectivity index (χ0) is 30.6. The van der Waals surface area contributed by atoms with Crippen molar-refractivity contribution in [3.63, 3.8) is 0 Å². The minimum atomic E-state index is -0.0599. The highest BCUT2D eigenvalue weighted by atomic mass is 79.9. The average molecular weight is 705 g/mol. The van der Waals surface area contributed by atoms with E-state index in [1.165, 1.54) is 9.36 Å². The Morgan fingerprint density at radius 2 is 1.38 bits per heavy atom. The molecule has 1 aliphatic rings. The minimum absolute atomic E-state index is 0.0240. The largest absolute Gasteiger partial charge is 0.388 e. The zero-order valence-electron chi connectivity index (χ0n) is 25.0. The summed E-state index contributed by atoms with van der Waals surface area (Å²) in [5.41, 5.74) is 1.86. The van der Waals surface area contributed by atoms with E-state index in [0.717, 1.165) is 61.5 Å². The summed E-state index contributed by atoms with van der Waals surface area (Å²) >= 11 is 6.90. The van der Waals surface area contributed by atoms with Gasteiger partial charge in [0.25, 0.3) is 11.1 Å². The van der Waals surface area contributed by atoms with Gasteiger partial charge in [-0.15, -0.1) is 0 Å². The molecule has 226 valence electrons. The van der Waals surface area contributed by atoms with Gasteiger partial charge in [0.05, 0.1) is 36.1 Å². The van der Waals surface area contributed by atoms with E-state index in [2.05, 4.69) is 64.2 Å². The van der Waals surface area contributed by atoms with Gasteiger partial charge in [0.1, 0.15) is 9.21 Å². The molecule has 2 aromatic heterocycles. The number of halogens is 2. The number of hydrogen-bond donors (Lipinski definition) is 1. The molecule has 1 saturated heterocycles. The average Bonchev–Trinajstić information content (AvgIpc) is 2.99. The standard InChI is InChI=1S/C18H25BrN4O2.C12H14BrN3O/c1-13(2)23-18(24)16-12-14(4-5-15(16)17(19)20-23)21(3)6-7-22-8-10-25-11-9-22;1-7(2)16-12(17)10-6-8(14-3)4-5-9(10)11(13)15-16/h4-5,12-13H,6-11H2,1-3H3;4-7,14H,1-3H3. The van der Waals surface area contributed by atoms with Crippen LogP contribution >= 0.6 is 31.9 Å². The molecule has 2 aromatic carbocycles. The highest BCUT2D eigenvalue weighted by Gasteiger charge is 2.15. The van der Waals surface area contributed by atoms with Crippen molar-refractivity contribution in [3.05, 3.63) is 66.3 Å². The van der Waals surface area contributed by atoms with Crippen molar-refractivity contribution in [2.45, 2.75) is 39.8 Å². The summed E-state index contributed by atoms with van der Waals surface area (Å²) in [5, 5.41) is 14.7. The lowest BCUT2D eigenvalue weighted by Crippen LogP contribution is -2.40. The summed E-state index contributed by atoms with van der Waals surface area (Å²) in [6, 6.07) is 11.7. The summed E-state index contributed by atoms with van der Waals surface area (Å²) in [6.07, 6.45) is 0. The highest BCUT2D eigenvalue weighted by molar-refractivity contribution is 9.10. The van der Waals surface area contributed by atoms with Gasteiger partial charge >= 0.3 is 0 Å². The second kappa shape index (κ2) is 14.1. The van der Waals surface area contributed by atoms with Gasteiger partial charge in [-0.1, -0.05) is 0 Å². The quantitative estimate of drug-likeness (QED) is 0.277.